The number of benzene rings is 1. The van der Waals surface area contributed by atoms with E-state index in [-0.39, 0.29) is 5.91 Å². The highest BCUT2D eigenvalue weighted by Gasteiger charge is 1.99. The third kappa shape index (κ3) is 4.38. The van der Waals surface area contributed by atoms with Crippen LogP contribution in [0.15, 0.2) is 73.3 Å². The zero-order valence-electron chi connectivity index (χ0n) is 12.5. The summed E-state index contributed by atoms with van der Waals surface area (Å²) in [7, 11) is 0. The van der Waals surface area contributed by atoms with E-state index in [1.807, 2.05) is 53.3 Å². The van der Waals surface area contributed by atoms with Crippen LogP contribution in [0.3, 0.4) is 0 Å². The summed E-state index contributed by atoms with van der Waals surface area (Å²) in [5.74, 6) is -0.173. The van der Waals surface area contributed by atoms with Gasteiger partial charge < -0.3 is 5.32 Å². The summed E-state index contributed by atoms with van der Waals surface area (Å²) in [6.45, 7) is 0.710. The predicted octanol–water partition coefficient (Wildman–Crippen LogP) is 2.98. The number of nitrogens with one attached hydrogen (secondary N) is 1. The van der Waals surface area contributed by atoms with Crippen molar-refractivity contribution in [2.75, 3.05) is 5.32 Å². The minimum absolute atomic E-state index is 0.173. The fourth-order valence-electron chi connectivity index (χ4n) is 2.10. The SMILES string of the molecule is O=C(C=Cc1cccnc1)Nc1ccc(Cn2cccn2)cc1. The Balaban J connectivity index is 1.57. The van der Waals surface area contributed by atoms with Gasteiger partial charge in [0.1, 0.15) is 0 Å². The first-order chi connectivity index (χ1) is 11.3. The smallest absolute Gasteiger partial charge is 0.248 e. The topological polar surface area (TPSA) is 59.8 Å². The zero-order valence-corrected chi connectivity index (χ0v) is 12.5. The molecule has 5 heteroatoms. The molecule has 0 aliphatic heterocycles. The Bertz CT molecular complexity index is 778. The van der Waals surface area contributed by atoms with E-state index in [0.29, 0.717) is 6.54 Å². The van der Waals surface area contributed by atoms with Gasteiger partial charge in [-0.2, -0.15) is 5.10 Å². The standard InChI is InChI=1S/C18H16N4O/c23-18(9-6-15-3-1-10-19-13-15)21-17-7-4-16(5-8-17)14-22-12-2-11-20-22/h1-13H,14H2,(H,21,23). The van der Waals surface area contributed by atoms with Gasteiger partial charge in [-0.3, -0.25) is 14.5 Å². The Morgan fingerprint density at radius 1 is 1.13 bits per heavy atom. The lowest BCUT2D eigenvalue weighted by molar-refractivity contribution is -0.111. The summed E-state index contributed by atoms with van der Waals surface area (Å²) in [4.78, 5) is 15.9. The molecule has 0 bridgehead atoms. The third-order valence-corrected chi connectivity index (χ3v) is 3.24. The lowest BCUT2D eigenvalue weighted by Gasteiger charge is -2.05. The molecule has 5 nitrogen and oxygen atoms in total. The van der Waals surface area contributed by atoms with E-state index < -0.39 is 0 Å². The molecule has 0 spiro atoms. The average molecular weight is 304 g/mol. The Hall–Kier alpha value is -3.21. The molecule has 0 radical (unpaired) electrons. The fraction of sp³-hybridized carbons (Fsp3) is 0.0556. The monoisotopic (exact) mass is 304 g/mol. The molecule has 1 N–H and O–H groups in total. The van der Waals surface area contributed by atoms with E-state index in [0.717, 1.165) is 16.8 Å². The lowest BCUT2D eigenvalue weighted by Crippen LogP contribution is -2.08. The van der Waals surface area contributed by atoms with Crippen molar-refractivity contribution in [3.8, 4) is 0 Å². The first-order valence-corrected chi connectivity index (χ1v) is 7.25. The van der Waals surface area contributed by atoms with Gasteiger partial charge in [-0.15, -0.1) is 0 Å². The van der Waals surface area contributed by atoms with Crippen LogP contribution >= 0.6 is 0 Å². The van der Waals surface area contributed by atoms with E-state index in [2.05, 4.69) is 15.4 Å². The van der Waals surface area contributed by atoms with E-state index in [1.54, 1.807) is 24.7 Å². The number of pyridine rings is 1. The maximum atomic E-state index is 11.9. The molecule has 0 fully saturated rings. The second-order valence-corrected chi connectivity index (χ2v) is 5.01. The Labute approximate surface area is 134 Å². The minimum atomic E-state index is -0.173. The van der Waals surface area contributed by atoms with Crippen LogP contribution < -0.4 is 5.32 Å². The normalized spacial score (nSPS) is 10.8. The lowest BCUT2D eigenvalue weighted by atomic mass is 10.2. The van der Waals surface area contributed by atoms with Crippen LogP contribution in [0.25, 0.3) is 6.08 Å². The quantitative estimate of drug-likeness (QED) is 0.737. The molecule has 114 valence electrons. The van der Waals surface area contributed by atoms with Gasteiger partial charge >= 0.3 is 0 Å². The summed E-state index contributed by atoms with van der Waals surface area (Å²) in [6.07, 6.45) is 10.3. The number of hydrogen-bond acceptors (Lipinski definition) is 3. The predicted molar refractivity (Wildman–Crippen MR) is 89.7 cm³/mol. The van der Waals surface area contributed by atoms with E-state index >= 15 is 0 Å². The second kappa shape index (κ2) is 7.17. The molecule has 0 saturated carbocycles. The molecule has 2 heterocycles. The van der Waals surface area contributed by atoms with Gasteiger partial charge in [-0.05, 0) is 41.5 Å². The molecule has 0 aliphatic rings. The molecule has 3 rings (SSSR count). The van der Waals surface area contributed by atoms with E-state index in [4.69, 9.17) is 0 Å². The van der Waals surface area contributed by atoms with Crippen LogP contribution in [-0.4, -0.2) is 20.7 Å². The van der Waals surface area contributed by atoms with Gasteiger partial charge in [0.25, 0.3) is 0 Å². The van der Waals surface area contributed by atoms with Crippen molar-refractivity contribution in [2.24, 2.45) is 0 Å². The Morgan fingerprint density at radius 3 is 2.70 bits per heavy atom. The molecule has 23 heavy (non-hydrogen) atoms. The number of hydrogen-bond donors (Lipinski definition) is 1. The zero-order chi connectivity index (χ0) is 15.9. The molecule has 0 unspecified atom stereocenters. The summed E-state index contributed by atoms with van der Waals surface area (Å²) >= 11 is 0. The molecule has 1 aromatic carbocycles. The van der Waals surface area contributed by atoms with Crippen molar-refractivity contribution >= 4 is 17.7 Å². The summed E-state index contributed by atoms with van der Waals surface area (Å²) in [5, 5.41) is 7.00. The highest BCUT2D eigenvalue weighted by molar-refractivity contribution is 6.01. The van der Waals surface area contributed by atoms with Crippen LogP contribution in [0, 0.1) is 0 Å². The molecular formula is C18H16N4O. The van der Waals surface area contributed by atoms with E-state index in [9.17, 15) is 4.79 Å². The summed E-state index contributed by atoms with van der Waals surface area (Å²) < 4.78 is 1.85. The summed E-state index contributed by atoms with van der Waals surface area (Å²) in [5.41, 5.74) is 2.77. The number of nitrogens with zero attached hydrogens (tertiary/aromatic N) is 3. The maximum absolute atomic E-state index is 11.9. The highest BCUT2D eigenvalue weighted by Crippen LogP contribution is 2.11. The van der Waals surface area contributed by atoms with Crippen molar-refractivity contribution in [1.82, 2.24) is 14.8 Å². The number of anilines is 1. The molecule has 1 amide bonds. The van der Waals surface area contributed by atoms with Gasteiger partial charge in [-0.1, -0.05) is 18.2 Å². The van der Waals surface area contributed by atoms with Crippen LogP contribution in [-0.2, 0) is 11.3 Å². The minimum Gasteiger partial charge on any atom is -0.323 e. The first-order valence-electron chi connectivity index (χ1n) is 7.25. The molecule has 0 saturated heterocycles. The Morgan fingerprint density at radius 2 is 2.00 bits per heavy atom. The number of carbonyl (C=O) groups excluding carboxylic acids is 1. The molecule has 2 aromatic heterocycles. The van der Waals surface area contributed by atoms with Gasteiger partial charge in [0.2, 0.25) is 5.91 Å². The van der Waals surface area contributed by atoms with Crippen LogP contribution in [0.2, 0.25) is 0 Å². The molecule has 0 aliphatic carbocycles. The van der Waals surface area contributed by atoms with Crippen molar-refractivity contribution in [3.63, 3.8) is 0 Å². The third-order valence-electron chi connectivity index (χ3n) is 3.24. The first kappa shape index (κ1) is 14.7. The van der Waals surface area contributed by atoms with Gasteiger partial charge in [0.05, 0.1) is 6.54 Å². The largest absolute Gasteiger partial charge is 0.323 e. The number of aromatic nitrogens is 3. The maximum Gasteiger partial charge on any atom is 0.248 e. The average Bonchev–Trinajstić information content (AvgIpc) is 3.09. The van der Waals surface area contributed by atoms with Crippen molar-refractivity contribution in [1.29, 1.82) is 0 Å². The highest BCUT2D eigenvalue weighted by atomic mass is 16.1. The van der Waals surface area contributed by atoms with Crippen LogP contribution in [0.5, 0.6) is 0 Å². The van der Waals surface area contributed by atoms with Crippen molar-refractivity contribution < 1.29 is 4.79 Å². The second-order valence-electron chi connectivity index (χ2n) is 5.01. The summed E-state index contributed by atoms with van der Waals surface area (Å²) in [6, 6.07) is 13.3. The molecule has 0 atom stereocenters. The van der Waals surface area contributed by atoms with Gasteiger partial charge in [-0.25, -0.2) is 0 Å². The molecular weight excluding hydrogens is 288 g/mol. The Kier molecular flexibility index (Phi) is 4.59. The molecule has 3 aromatic rings. The van der Waals surface area contributed by atoms with Crippen LogP contribution in [0.1, 0.15) is 11.1 Å². The number of amides is 1. The number of carbonyl (C=O) groups is 1. The van der Waals surface area contributed by atoms with Crippen molar-refractivity contribution in [3.05, 3.63) is 84.5 Å². The van der Waals surface area contributed by atoms with E-state index in [1.165, 1.54) is 6.08 Å². The van der Waals surface area contributed by atoms with Gasteiger partial charge in [0, 0.05) is 36.6 Å². The fourth-order valence-corrected chi connectivity index (χ4v) is 2.10. The number of rotatable bonds is 5. The van der Waals surface area contributed by atoms with Gasteiger partial charge in [0.15, 0.2) is 0 Å². The van der Waals surface area contributed by atoms with Crippen molar-refractivity contribution in [2.45, 2.75) is 6.54 Å². The van der Waals surface area contributed by atoms with Crippen LogP contribution in [0.4, 0.5) is 5.69 Å².